The topological polar surface area (TPSA) is 31.6 Å². The molecule has 3 rings (SSSR count). The Balaban J connectivity index is 1.53. The first kappa shape index (κ1) is 14.1. The van der Waals surface area contributed by atoms with Crippen LogP contribution in [0.1, 0.15) is 38.0 Å². The van der Waals surface area contributed by atoms with Crippen LogP contribution in [0.4, 0.5) is 0 Å². The fourth-order valence-electron chi connectivity index (χ4n) is 3.09. The maximum absolute atomic E-state index is 5.71. The van der Waals surface area contributed by atoms with Crippen LogP contribution >= 0.6 is 0 Å². The Labute approximate surface area is 122 Å². The first-order valence-electron chi connectivity index (χ1n) is 8.01. The summed E-state index contributed by atoms with van der Waals surface area (Å²) in [4.78, 5) is 5.07. The highest BCUT2D eigenvalue weighted by Crippen LogP contribution is 2.21. The van der Waals surface area contributed by atoms with Crippen LogP contribution in [0.25, 0.3) is 0 Å². The smallest absolute Gasteiger partial charge is 0.122 e. The van der Waals surface area contributed by atoms with Crippen LogP contribution in [0.3, 0.4) is 0 Å². The van der Waals surface area contributed by atoms with Gasteiger partial charge in [0.2, 0.25) is 0 Å². The molecule has 2 heterocycles. The Kier molecular flexibility index (Phi) is 4.44. The molecular weight excluding hydrogens is 250 g/mol. The summed E-state index contributed by atoms with van der Waals surface area (Å²) in [5.41, 5.74) is 1.34. The van der Waals surface area contributed by atoms with E-state index in [2.05, 4.69) is 35.0 Å². The molecule has 2 aliphatic rings. The second-order valence-corrected chi connectivity index (χ2v) is 6.24. The van der Waals surface area contributed by atoms with Crippen molar-refractivity contribution >= 4 is 0 Å². The molecule has 1 N–H and O–H groups in total. The molecule has 0 aromatic carbocycles. The highest BCUT2D eigenvalue weighted by molar-refractivity contribution is 5.17. The van der Waals surface area contributed by atoms with E-state index in [0.29, 0.717) is 6.04 Å². The van der Waals surface area contributed by atoms with E-state index >= 15 is 0 Å². The number of piperazine rings is 1. The Morgan fingerprint density at radius 2 is 2.20 bits per heavy atom. The van der Waals surface area contributed by atoms with Gasteiger partial charge in [0.1, 0.15) is 5.76 Å². The molecule has 0 spiro atoms. The number of nitrogens with one attached hydrogen (secondary N) is 1. The zero-order chi connectivity index (χ0) is 13.9. The van der Waals surface area contributed by atoms with Crippen LogP contribution in [-0.4, -0.2) is 48.1 Å². The summed E-state index contributed by atoms with van der Waals surface area (Å²) in [6, 6.07) is 3.53. The Morgan fingerprint density at radius 1 is 1.35 bits per heavy atom. The van der Waals surface area contributed by atoms with Crippen molar-refractivity contribution in [2.24, 2.45) is 0 Å². The van der Waals surface area contributed by atoms with Gasteiger partial charge in [-0.3, -0.25) is 9.80 Å². The largest absolute Gasteiger partial charge is 0.468 e. The highest BCUT2D eigenvalue weighted by Gasteiger charge is 2.24. The maximum Gasteiger partial charge on any atom is 0.122 e. The Hall–Kier alpha value is -0.840. The molecule has 4 heteroatoms. The van der Waals surface area contributed by atoms with Gasteiger partial charge in [0.05, 0.1) is 12.8 Å². The maximum atomic E-state index is 5.71. The molecule has 1 aliphatic heterocycles. The molecule has 1 aliphatic carbocycles. The van der Waals surface area contributed by atoms with Crippen LogP contribution < -0.4 is 5.32 Å². The molecular formula is C16H27N3O. The van der Waals surface area contributed by atoms with Crippen molar-refractivity contribution < 1.29 is 4.42 Å². The van der Waals surface area contributed by atoms with Crippen molar-refractivity contribution in [1.29, 1.82) is 0 Å². The van der Waals surface area contributed by atoms with E-state index in [1.807, 2.05) is 6.26 Å². The number of furan rings is 1. The third-order valence-corrected chi connectivity index (χ3v) is 4.62. The third kappa shape index (κ3) is 3.43. The second-order valence-electron chi connectivity index (χ2n) is 6.24. The van der Waals surface area contributed by atoms with Gasteiger partial charge in [-0.1, -0.05) is 6.92 Å². The molecule has 4 nitrogen and oxygen atoms in total. The lowest BCUT2D eigenvalue weighted by molar-refractivity contribution is 0.0787. The number of likely N-dealkylation sites (N-methyl/N-ethyl adjacent to an activating group) is 1. The van der Waals surface area contributed by atoms with Crippen molar-refractivity contribution in [2.45, 2.75) is 51.9 Å². The predicted octanol–water partition coefficient (Wildman–Crippen LogP) is 2.06. The summed E-state index contributed by atoms with van der Waals surface area (Å²) in [5.74, 6) is 1.15. The second kappa shape index (κ2) is 6.29. The highest BCUT2D eigenvalue weighted by atomic mass is 16.3. The molecule has 0 amide bonds. The minimum absolute atomic E-state index is 0.650. The lowest BCUT2D eigenvalue weighted by Crippen LogP contribution is -2.51. The van der Waals surface area contributed by atoms with Gasteiger partial charge in [0.15, 0.2) is 0 Å². The molecule has 1 aromatic rings. The Morgan fingerprint density at radius 3 is 2.90 bits per heavy atom. The zero-order valence-corrected chi connectivity index (χ0v) is 12.8. The molecule has 0 radical (unpaired) electrons. The van der Waals surface area contributed by atoms with Crippen molar-refractivity contribution in [3.05, 3.63) is 23.7 Å². The SMILES string of the molecule is CCN1CCN(Cc2occc2CNC2CC2)CC1C. The van der Waals surface area contributed by atoms with Gasteiger partial charge < -0.3 is 9.73 Å². The van der Waals surface area contributed by atoms with Gasteiger partial charge in [-0.2, -0.15) is 0 Å². The van der Waals surface area contributed by atoms with E-state index in [-0.39, 0.29) is 0 Å². The summed E-state index contributed by atoms with van der Waals surface area (Å²) >= 11 is 0. The fourth-order valence-corrected chi connectivity index (χ4v) is 3.09. The van der Waals surface area contributed by atoms with E-state index in [9.17, 15) is 0 Å². The number of nitrogens with zero attached hydrogens (tertiary/aromatic N) is 2. The van der Waals surface area contributed by atoms with Gasteiger partial charge in [0.25, 0.3) is 0 Å². The zero-order valence-electron chi connectivity index (χ0n) is 12.8. The molecule has 1 saturated heterocycles. The van der Waals surface area contributed by atoms with Crippen molar-refractivity contribution in [2.75, 3.05) is 26.2 Å². The van der Waals surface area contributed by atoms with Gasteiger partial charge in [0, 0.05) is 43.8 Å². The number of rotatable bonds is 6. The van der Waals surface area contributed by atoms with Crippen molar-refractivity contribution in [1.82, 2.24) is 15.1 Å². The summed E-state index contributed by atoms with van der Waals surface area (Å²) in [6.45, 7) is 11.1. The van der Waals surface area contributed by atoms with Crippen molar-refractivity contribution in [3.8, 4) is 0 Å². The van der Waals surface area contributed by atoms with Gasteiger partial charge in [-0.05, 0) is 32.4 Å². The van der Waals surface area contributed by atoms with Crippen molar-refractivity contribution in [3.63, 3.8) is 0 Å². The monoisotopic (exact) mass is 277 g/mol. The van der Waals surface area contributed by atoms with Gasteiger partial charge >= 0.3 is 0 Å². The quantitative estimate of drug-likeness (QED) is 0.862. The van der Waals surface area contributed by atoms with Crippen LogP contribution in [-0.2, 0) is 13.1 Å². The average Bonchev–Trinajstić information content (AvgIpc) is 3.17. The number of hydrogen-bond acceptors (Lipinski definition) is 4. The molecule has 1 atom stereocenters. The van der Waals surface area contributed by atoms with Gasteiger partial charge in [-0.25, -0.2) is 0 Å². The Bertz CT molecular complexity index is 427. The van der Waals surface area contributed by atoms with E-state index in [4.69, 9.17) is 4.42 Å². The average molecular weight is 277 g/mol. The molecule has 0 bridgehead atoms. The van der Waals surface area contributed by atoms with Crippen LogP contribution in [0.2, 0.25) is 0 Å². The first-order chi connectivity index (χ1) is 9.76. The molecule has 1 saturated carbocycles. The molecule has 2 fully saturated rings. The van der Waals surface area contributed by atoms with E-state index in [0.717, 1.165) is 44.5 Å². The standard InChI is InChI=1S/C16H27N3O/c1-3-19-8-7-18(11-13(19)2)12-16-14(6-9-20-16)10-17-15-4-5-15/h6,9,13,15,17H,3-5,7-8,10-12H2,1-2H3. The van der Waals surface area contributed by atoms with Crippen LogP contribution in [0.5, 0.6) is 0 Å². The molecule has 112 valence electrons. The van der Waals surface area contributed by atoms with E-state index in [1.54, 1.807) is 0 Å². The predicted molar refractivity (Wildman–Crippen MR) is 80.6 cm³/mol. The molecule has 20 heavy (non-hydrogen) atoms. The summed E-state index contributed by atoms with van der Waals surface area (Å²) in [6.07, 6.45) is 4.51. The first-order valence-corrected chi connectivity index (χ1v) is 8.01. The molecule has 1 aromatic heterocycles. The molecule has 1 unspecified atom stereocenters. The van der Waals surface area contributed by atoms with Gasteiger partial charge in [-0.15, -0.1) is 0 Å². The lowest BCUT2D eigenvalue weighted by Gasteiger charge is -2.39. The van der Waals surface area contributed by atoms with E-state index in [1.165, 1.54) is 24.9 Å². The minimum Gasteiger partial charge on any atom is -0.468 e. The normalized spacial score (nSPS) is 25.2. The minimum atomic E-state index is 0.650. The fraction of sp³-hybridized carbons (Fsp3) is 0.750. The van der Waals surface area contributed by atoms with Crippen LogP contribution in [0.15, 0.2) is 16.7 Å². The number of hydrogen-bond donors (Lipinski definition) is 1. The lowest BCUT2D eigenvalue weighted by atomic mass is 10.1. The third-order valence-electron chi connectivity index (χ3n) is 4.62. The summed E-state index contributed by atoms with van der Waals surface area (Å²) in [7, 11) is 0. The summed E-state index contributed by atoms with van der Waals surface area (Å²) in [5, 5.41) is 3.57. The van der Waals surface area contributed by atoms with E-state index < -0.39 is 0 Å². The van der Waals surface area contributed by atoms with Crippen LogP contribution in [0, 0.1) is 0 Å². The summed E-state index contributed by atoms with van der Waals surface area (Å²) < 4.78 is 5.71.